The Labute approximate surface area is 118 Å². The second-order valence-electron chi connectivity index (χ2n) is 4.28. The van der Waals surface area contributed by atoms with Crippen molar-refractivity contribution in [2.45, 2.75) is 6.92 Å². The first-order chi connectivity index (χ1) is 8.27. The van der Waals surface area contributed by atoms with Gasteiger partial charge in [-0.1, -0.05) is 0 Å². The summed E-state index contributed by atoms with van der Waals surface area (Å²) < 4.78 is 0. The van der Waals surface area contributed by atoms with E-state index in [1.54, 1.807) is 0 Å². The van der Waals surface area contributed by atoms with Gasteiger partial charge in [-0.2, -0.15) is 0 Å². The first-order valence-corrected chi connectivity index (χ1v) is 6.90. The number of hydrogen-bond donors (Lipinski definition) is 2. The van der Waals surface area contributed by atoms with E-state index in [1.807, 2.05) is 18.4 Å². The molecule has 4 nitrogen and oxygen atoms in total. The molecule has 2 heterocycles. The standard InChI is InChI=1S/C12H19N3OS.ClH/c1-10-2-9-17-11(10)12(16)14-5-8-15-6-3-13-4-7-15;/h2,9,13H,3-8H2,1H3,(H,14,16);1H. The highest BCUT2D eigenvalue weighted by atomic mass is 35.5. The second kappa shape index (κ2) is 7.74. The minimum atomic E-state index is 0. The topological polar surface area (TPSA) is 44.4 Å². The average Bonchev–Trinajstić information content (AvgIpc) is 2.77. The van der Waals surface area contributed by atoms with Gasteiger partial charge in [0.25, 0.3) is 5.91 Å². The second-order valence-corrected chi connectivity index (χ2v) is 5.20. The Morgan fingerprint density at radius 3 is 2.83 bits per heavy atom. The molecule has 0 bridgehead atoms. The lowest BCUT2D eigenvalue weighted by Crippen LogP contribution is -2.46. The minimum Gasteiger partial charge on any atom is -0.350 e. The summed E-state index contributed by atoms with van der Waals surface area (Å²) in [6.45, 7) is 7.91. The SMILES string of the molecule is Cc1ccsc1C(=O)NCCN1CCNCC1.Cl. The van der Waals surface area contributed by atoms with Crippen molar-refractivity contribution in [3.05, 3.63) is 21.9 Å². The Bertz CT molecular complexity index is 377. The normalized spacial score (nSPS) is 16.1. The van der Waals surface area contributed by atoms with Crippen LogP contribution in [0.5, 0.6) is 0 Å². The number of rotatable bonds is 4. The van der Waals surface area contributed by atoms with Gasteiger partial charge in [0, 0.05) is 39.3 Å². The smallest absolute Gasteiger partial charge is 0.261 e. The van der Waals surface area contributed by atoms with E-state index in [2.05, 4.69) is 15.5 Å². The maximum Gasteiger partial charge on any atom is 0.261 e. The fourth-order valence-corrected chi connectivity index (χ4v) is 2.79. The summed E-state index contributed by atoms with van der Waals surface area (Å²) in [6, 6.07) is 1.98. The zero-order valence-electron chi connectivity index (χ0n) is 10.6. The number of carbonyl (C=O) groups is 1. The zero-order chi connectivity index (χ0) is 12.1. The number of nitrogens with zero attached hydrogens (tertiary/aromatic N) is 1. The van der Waals surface area contributed by atoms with E-state index >= 15 is 0 Å². The predicted octanol–water partition coefficient (Wildman–Crippen LogP) is 1.11. The van der Waals surface area contributed by atoms with Crippen LogP contribution in [-0.2, 0) is 0 Å². The summed E-state index contributed by atoms with van der Waals surface area (Å²) >= 11 is 1.51. The van der Waals surface area contributed by atoms with Gasteiger partial charge in [0.1, 0.15) is 0 Å². The first-order valence-electron chi connectivity index (χ1n) is 6.03. The van der Waals surface area contributed by atoms with E-state index in [9.17, 15) is 4.79 Å². The fourth-order valence-electron chi connectivity index (χ4n) is 1.95. The Morgan fingerprint density at radius 2 is 2.22 bits per heavy atom. The average molecular weight is 290 g/mol. The van der Waals surface area contributed by atoms with Gasteiger partial charge in [0.05, 0.1) is 4.88 Å². The Balaban J connectivity index is 0.00000162. The summed E-state index contributed by atoms with van der Waals surface area (Å²) in [5, 5.41) is 8.26. The van der Waals surface area contributed by atoms with Crippen molar-refractivity contribution in [1.82, 2.24) is 15.5 Å². The van der Waals surface area contributed by atoms with Crippen molar-refractivity contribution >= 4 is 29.7 Å². The molecule has 1 aromatic heterocycles. The third kappa shape index (κ3) is 4.24. The van der Waals surface area contributed by atoms with Gasteiger partial charge in [-0.3, -0.25) is 9.69 Å². The largest absolute Gasteiger partial charge is 0.350 e. The summed E-state index contributed by atoms with van der Waals surface area (Å²) in [5.41, 5.74) is 1.06. The highest BCUT2D eigenvalue weighted by Crippen LogP contribution is 2.14. The number of piperazine rings is 1. The van der Waals surface area contributed by atoms with E-state index in [4.69, 9.17) is 0 Å². The molecule has 0 aromatic carbocycles. The molecule has 1 amide bonds. The van der Waals surface area contributed by atoms with Gasteiger partial charge >= 0.3 is 0 Å². The van der Waals surface area contributed by atoms with Crippen LogP contribution in [-0.4, -0.2) is 50.1 Å². The molecule has 0 aliphatic carbocycles. The van der Waals surface area contributed by atoms with Gasteiger partial charge in [0.2, 0.25) is 0 Å². The molecule has 1 fully saturated rings. The van der Waals surface area contributed by atoms with Crippen LogP contribution in [0.25, 0.3) is 0 Å². The minimum absolute atomic E-state index is 0. The number of nitrogens with one attached hydrogen (secondary N) is 2. The quantitative estimate of drug-likeness (QED) is 0.873. The molecular formula is C12H20ClN3OS. The summed E-state index contributed by atoms with van der Waals surface area (Å²) in [6.07, 6.45) is 0. The van der Waals surface area contributed by atoms with Crippen LogP contribution in [0.15, 0.2) is 11.4 Å². The maximum absolute atomic E-state index is 11.8. The van der Waals surface area contributed by atoms with Gasteiger partial charge in [-0.15, -0.1) is 23.7 Å². The van der Waals surface area contributed by atoms with Crippen molar-refractivity contribution in [2.75, 3.05) is 39.3 Å². The van der Waals surface area contributed by atoms with Crippen molar-refractivity contribution in [1.29, 1.82) is 0 Å². The lowest BCUT2D eigenvalue weighted by Gasteiger charge is -2.27. The monoisotopic (exact) mass is 289 g/mol. The van der Waals surface area contributed by atoms with Gasteiger partial charge in [-0.05, 0) is 23.9 Å². The molecule has 0 spiro atoms. The van der Waals surface area contributed by atoms with Crippen molar-refractivity contribution < 1.29 is 4.79 Å². The number of aryl methyl sites for hydroxylation is 1. The van der Waals surface area contributed by atoms with Crippen molar-refractivity contribution in [3.8, 4) is 0 Å². The lowest BCUT2D eigenvalue weighted by atomic mass is 10.3. The summed E-state index contributed by atoms with van der Waals surface area (Å²) in [7, 11) is 0. The molecule has 0 radical (unpaired) electrons. The summed E-state index contributed by atoms with van der Waals surface area (Å²) in [4.78, 5) is 15.0. The Morgan fingerprint density at radius 1 is 1.50 bits per heavy atom. The molecule has 1 aliphatic rings. The molecule has 1 aliphatic heterocycles. The molecular weight excluding hydrogens is 270 g/mol. The molecule has 0 unspecified atom stereocenters. The number of halogens is 1. The van der Waals surface area contributed by atoms with Gasteiger partial charge < -0.3 is 10.6 Å². The van der Waals surface area contributed by atoms with Crippen LogP contribution in [0.1, 0.15) is 15.2 Å². The molecule has 1 aromatic rings. The molecule has 2 rings (SSSR count). The number of carbonyl (C=O) groups excluding carboxylic acids is 1. The molecule has 0 atom stereocenters. The fraction of sp³-hybridized carbons (Fsp3) is 0.583. The number of amides is 1. The van der Waals surface area contributed by atoms with Crippen LogP contribution in [0.3, 0.4) is 0 Å². The molecule has 1 saturated heterocycles. The molecule has 102 valence electrons. The first kappa shape index (κ1) is 15.4. The highest BCUT2D eigenvalue weighted by Gasteiger charge is 2.12. The van der Waals surface area contributed by atoms with E-state index in [-0.39, 0.29) is 18.3 Å². The van der Waals surface area contributed by atoms with Crippen molar-refractivity contribution in [3.63, 3.8) is 0 Å². The van der Waals surface area contributed by atoms with Crippen LogP contribution >= 0.6 is 23.7 Å². The van der Waals surface area contributed by atoms with E-state index in [0.29, 0.717) is 0 Å². The number of thiophene rings is 1. The van der Waals surface area contributed by atoms with E-state index < -0.39 is 0 Å². The number of hydrogen-bond acceptors (Lipinski definition) is 4. The molecule has 18 heavy (non-hydrogen) atoms. The highest BCUT2D eigenvalue weighted by molar-refractivity contribution is 7.12. The Kier molecular flexibility index (Phi) is 6.63. The molecule has 2 N–H and O–H groups in total. The van der Waals surface area contributed by atoms with Gasteiger partial charge in [0.15, 0.2) is 0 Å². The maximum atomic E-state index is 11.8. The van der Waals surface area contributed by atoms with Crippen LogP contribution < -0.4 is 10.6 Å². The van der Waals surface area contributed by atoms with Crippen LogP contribution in [0.2, 0.25) is 0 Å². The summed E-state index contributed by atoms with van der Waals surface area (Å²) in [5.74, 6) is 0.0626. The van der Waals surface area contributed by atoms with Crippen molar-refractivity contribution in [2.24, 2.45) is 0 Å². The third-order valence-corrected chi connectivity index (χ3v) is 4.01. The van der Waals surface area contributed by atoms with E-state index in [1.165, 1.54) is 11.3 Å². The van der Waals surface area contributed by atoms with Crippen LogP contribution in [0, 0.1) is 6.92 Å². The predicted molar refractivity (Wildman–Crippen MR) is 77.9 cm³/mol. The van der Waals surface area contributed by atoms with E-state index in [0.717, 1.165) is 49.7 Å². The molecule has 6 heteroatoms. The lowest BCUT2D eigenvalue weighted by molar-refractivity contribution is 0.0951. The zero-order valence-corrected chi connectivity index (χ0v) is 12.2. The van der Waals surface area contributed by atoms with Gasteiger partial charge in [-0.25, -0.2) is 0 Å². The third-order valence-electron chi connectivity index (χ3n) is 2.99. The Hall–Kier alpha value is -0.620. The van der Waals surface area contributed by atoms with Crippen LogP contribution in [0.4, 0.5) is 0 Å². The molecule has 0 saturated carbocycles.